The quantitative estimate of drug-likeness (QED) is 0.586. The van der Waals surface area contributed by atoms with Gasteiger partial charge in [-0.3, -0.25) is 9.59 Å². The molecule has 0 radical (unpaired) electrons. The first-order chi connectivity index (χ1) is 17.0. The second-order valence-corrected chi connectivity index (χ2v) is 12.1. The molecule has 2 atom stereocenters. The number of ether oxygens (including phenoxy) is 1. The molecule has 1 aromatic carbocycles. The molecule has 0 bridgehead atoms. The number of hydrogen-bond donors (Lipinski definition) is 1. The Hall–Kier alpha value is -2.59. The lowest BCUT2D eigenvalue weighted by molar-refractivity contribution is -0.139. The molecule has 10 heteroatoms. The van der Waals surface area contributed by atoms with Crippen LogP contribution in [-0.2, 0) is 23.6 Å². The first kappa shape index (κ1) is 29.0. The number of hydrogen-bond acceptors (Lipinski definition) is 6. The van der Waals surface area contributed by atoms with Crippen LogP contribution in [0, 0.1) is 0 Å². The van der Waals surface area contributed by atoms with Gasteiger partial charge in [0.1, 0.15) is 11.6 Å². The van der Waals surface area contributed by atoms with Gasteiger partial charge in [0.15, 0.2) is 0 Å². The molecular formula is C27H42BN3O6. The van der Waals surface area contributed by atoms with E-state index in [4.69, 9.17) is 14.0 Å². The van der Waals surface area contributed by atoms with Crippen molar-refractivity contribution >= 4 is 30.5 Å². The van der Waals surface area contributed by atoms with Crippen LogP contribution in [0.15, 0.2) is 24.3 Å². The molecule has 0 aliphatic carbocycles. The molecule has 0 aromatic heterocycles. The zero-order valence-corrected chi connectivity index (χ0v) is 23.7. The molecule has 2 heterocycles. The molecule has 2 saturated heterocycles. The molecule has 3 amide bonds. The summed E-state index contributed by atoms with van der Waals surface area (Å²) in [6.07, 6.45) is 1.04. The number of benzene rings is 1. The molecule has 2 fully saturated rings. The zero-order chi connectivity index (χ0) is 27.8. The summed E-state index contributed by atoms with van der Waals surface area (Å²) in [7, 11) is 2.72. The molecule has 3 rings (SSSR count). The average Bonchev–Trinajstić information content (AvgIpc) is 3.38. The van der Waals surface area contributed by atoms with Crippen LogP contribution >= 0.6 is 0 Å². The average molecular weight is 515 g/mol. The van der Waals surface area contributed by atoms with Crippen LogP contribution in [0.4, 0.5) is 4.79 Å². The van der Waals surface area contributed by atoms with Crippen molar-refractivity contribution in [3.05, 3.63) is 29.8 Å². The minimum atomic E-state index is -1.12. The number of amides is 3. The lowest BCUT2D eigenvalue weighted by atomic mass is 9.77. The Labute approximate surface area is 221 Å². The summed E-state index contributed by atoms with van der Waals surface area (Å²) in [4.78, 5) is 43.1. The number of alkyl carbamates (subject to hydrolysis) is 1. The molecule has 0 spiro atoms. The molecule has 1 aromatic rings. The Morgan fingerprint density at radius 2 is 1.51 bits per heavy atom. The number of carbonyl (C=O) groups excluding carboxylic acids is 3. The number of nitrogens with zero attached hydrogens (tertiary/aromatic N) is 2. The van der Waals surface area contributed by atoms with E-state index < -0.39 is 42.0 Å². The van der Waals surface area contributed by atoms with Gasteiger partial charge in [-0.05, 0) is 72.3 Å². The summed E-state index contributed by atoms with van der Waals surface area (Å²) in [5, 5.41) is 2.73. The lowest BCUT2D eigenvalue weighted by Crippen LogP contribution is -2.54. The van der Waals surface area contributed by atoms with E-state index >= 15 is 0 Å². The van der Waals surface area contributed by atoms with E-state index in [1.54, 1.807) is 51.9 Å². The molecule has 1 N–H and O–H groups in total. The third kappa shape index (κ3) is 6.65. The van der Waals surface area contributed by atoms with Crippen molar-refractivity contribution < 1.29 is 28.4 Å². The van der Waals surface area contributed by atoms with E-state index in [2.05, 4.69) is 5.32 Å². The monoisotopic (exact) mass is 515 g/mol. The Balaban J connectivity index is 1.96. The minimum absolute atomic E-state index is 0.293. The Kier molecular flexibility index (Phi) is 8.34. The van der Waals surface area contributed by atoms with Gasteiger partial charge in [0.2, 0.25) is 11.8 Å². The topological polar surface area (TPSA) is 97.4 Å². The fourth-order valence-corrected chi connectivity index (χ4v) is 4.45. The minimum Gasteiger partial charge on any atom is -0.444 e. The predicted octanol–water partition coefficient (Wildman–Crippen LogP) is 2.67. The highest BCUT2D eigenvalue weighted by atomic mass is 16.7. The molecule has 37 heavy (non-hydrogen) atoms. The number of carbonyl (C=O) groups is 3. The largest absolute Gasteiger partial charge is 0.494 e. The molecule has 0 saturated carbocycles. The molecule has 2 aliphatic heterocycles. The normalized spacial score (nSPS) is 20.4. The Morgan fingerprint density at radius 1 is 1.00 bits per heavy atom. The van der Waals surface area contributed by atoms with Gasteiger partial charge in [-0.2, -0.15) is 0 Å². The summed E-state index contributed by atoms with van der Waals surface area (Å²) in [5.41, 5.74) is -0.306. The van der Waals surface area contributed by atoms with Crippen molar-refractivity contribution in [1.82, 2.24) is 15.1 Å². The van der Waals surface area contributed by atoms with Gasteiger partial charge < -0.3 is 29.2 Å². The summed E-state index contributed by atoms with van der Waals surface area (Å²) >= 11 is 0. The van der Waals surface area contributed by atoms with E-state index in [0.717, 1.165) is 18.3 Å². The fourth-order valence-electron chi connectivity index (χ4n) is 4.45. The van der Waals surface area contributed by atoms with Crippen LogP contribution < -0.4 is 10.8 Å². The van der Waals surface area contributed by atoms with E-state index in [1.165, 1.54) is 4.90 Å². The fraction of sp³-hybridized carbons (Fsp3) is 0.667. The standard InChI is InChI=1S/C27H42BN3O6/c1-25(2,3)35-24(34)29-21(23(33)31-16-10-11-17-31)20(22(32)30(8)9)18-12-14-19(15-13-18)28-36-26(4,5)27(6,7)37-28/h12-15,20-21H,10-11,16-17H2,1-9H3,(H,29,34)/t20-,21-/m0/s1. The van der Waals surface area contributed by atoms with E-state index in [9.17, 15) is 14.4 Å². The van der Waals surface area contributed by atoms with Gasteiger partial charge in [0.05, 0.1) is 17.1 Å². The van der Waals surface area contributed by atoms with Gasteiger partial charge in [-0.15, -0.1) is 0 Å². The maximum atomic E-state index is 13.7. The van der Waals surface area contributed by atoms with Gasteiger partial charge in [-0.25, -0.2) is 4.79 Å². The van der Waals surface area contributed by atoms with Crippen molar-refractivity contribution in [2.45, 2.75) is 90.1 Å². The number of likely N-dealkylation sites (tertiary alicyclic amines) is 1. The zero-order valence-electron chi connectivity index (χ0n) is 23.7. The number of nitrogens with one attached hydrogen (secondary N) is 1. The van der Waals surface area contributed by atoms with Crippen LogP contribution in [0.5, 0.6) is 0 Å². The second kappa shape index (κ2) is 10.7. The van der Waals surface area contributed by atoms with Gasteiger partial charge in [0, 0.05) is 27.2 Å². The van der Waals surface area contributed by atoms with Crippen LogP contribution in [0.25, 0.3) is 0 Å². The van der Waals surface area contributed by atoms with Crippen molar-refractivity contribution in [2.75, 3.05) is 27.2 Å². The highest BCUT2D eigenvalue weighted by Gasteiger charge is 2.51. The smallest absolute Gasteiger partial charge is 0.444 e. The van der Waals surface area contributed by atoms with Crippen LogP contribution in [0.3, 0.4) is 0 Å². The summed E-state index contributed by atoms with van der Waals surface area (Å²) in [5.74, 6) is -1.53. The first-order valence-electron chi connectivity index (χ1n) is 13.0. The van der Waals surface area contributed by atoms with Gasteiger partial charge >= 0.3 is 13.2 Å². The Bertz CT molecular complexity index is 980. The highest BCUT2D eigenvalue weighted by Crippen LogP contribution is 2.36. The molecule has 204 valence electrons. The molecule has 0 unspecified atom stereocenters. The SMILES string of the molecule is CN(C)C(=O)[C@@H](c1ccc(B2OC(C)(C)C(C)(C)O2)cc1)[C@H](NC(=O)OC(C)(C)C)C(=O)N1CCCC1. The summed E-state index contributed by atoms with van der Waals surface area (Å²) in [6, 6.07) is 6.17. The number of rotatable bonds is 6. The van der Waals surface area contributed by atoms with Gasteiger partial charge in [-0.1, -0.05) is 24.3 Å². The van der Waals surface area contributed by atoms with Crippen molar-refractivity contribution in [1.29, 1.82) is 0 Å². The molecular weight excluding hydrogens is 473 g/mol. The van der Waals surface area contributed by atoms with Crippen LogP contribution in [-0.4, -0.2) is 84.9 Å². The first-order valence-corrected chi connectivity index (χ1v) is 13.0. The maximum absolute atomic E-state index is 13.7. The second-order valence-electron chi connectivity index (χ2n) is 12.1. The van der Waals surface area contributed by atoms with Crippen LogP contribution in [0.2, 0.25) is 0 Å². The highest BCUT2D eigenvalue weighted by molar-refractivity contribution is 6.62. The Morgan fingerprint density at radius 3 is 1.97 bits per heavy atom. The van der Waals surface area contributed by atoms with Crippen molar-refractivity contribution in [2.24, 2.45) is 0 Å². The maximum Gasteiger partial charge on any atom is 0.494 e. The summed E-state index contributed by atoms with van der Waals surface area (Å²) < 4.78 is 17.8. The van der Waals surface area contributed by atoms with Crippen molar-refractivity contribution in [3.63, 3.8) is 0 Å². The number of likely N-dealkylation sites (N-methyl/N-ethyl adjacent to an activating group) is 1. The third-order valence-corrected chi connectivity index (χ3v) is 7.22. The van der Waals surface area contributed by atoms with E-state index in [-0.39, 0.29) is 11.8 Å². The van der Waals surface area contributed by atoms with E-state index in [0.29, 0.717) is 18.7 Å². The summed E-state index contributed by atoms with van der Waals surface area (Å²) in [6.45, 7) is 14.4. The molecule has 2 aliphatic rings. The van der Waals surface area contributed by atoms with Gasteiger partial charge in [0.25, 0.3) is 0 Å². The lowest BCUT2D eigenvalue weighted by Gasteiger charge is -2.32. The van der Waals surface area contributed by atoms with Crippen LogP contribution in [0.1, 0.15) is 72.8 Å². The van der Waals surface area contributed by atoms with E-state index in [1.807, 2.05) is 39.8 Å². The predicted molar refractivity (Wildman–Crippen MR) is 143 cm³/mol. The third-order valence-electron chi connectivity index (χ3n) is 7.22. The van der Waals surface area contributed by atoms with Crippen molar-refractivity contribution in [3.8, 4) is 0 Å². The molecule has 9 nitrogen and oxygen atoms in total.